The monoisotopic (exact) mass is 439 g/mol. The molecule has 1 saturated heterocycles. The third kappa shape index (κ3) is 4.09. The highest BCUT2D eigenvalue weighted by Gasteiger charge is 2.31. The van der Waals surface area contributed by atoms with Crippen LogP contribution in [0.3, 0.4) is 0 Å². The Morgan fingerprint density at radius 1 is 1.10 bits per heavy atom. The minimum Gasteiger partial charge on any atom is -0.440 e. The maximum atomic E-state index is 13.2. The van der Waals surface area contributed by atoms with Crippen molar-refractivity contribution in [3.8, 4) is 0 Å². The number of nitrogens with zero attached hydrogens (tertiary/aromatic N) is 2. The molecule has 2 aliphatic rings. The van der Waals surface area contributed by atoms with Crippen molar-refractivity contribution in [3.63, 3.8) is 0 Å². The number of carbonyl (C=O) groups excluding carboxylic acids is 1. The quantitative estimate of drug-likeness (QED) is 0.656. The number of hydrogen-bond acceptors (Lipinski definition) is 5. The highest BCUT2D eigenvalue weighted by Crippen LogP contribution is 2.31. The first-order valence-corrected chi connectivity index (χ1v) is 12.2. The van der Waals surface area contributed by atoms with Crippen LogP contribution >= 0.6 is 0 Å². The zero-order chi connectivity index (χ0) is 21.6. The lowest BCUT2D eigenvalue weighted by atomic mass is 9.96. The van der Waals surface area contributed by atoms with E-state index in [0.29, 0.717) is 18.7 Å². The standard InChI is InChI=1S/C23H25N3O4S/c1-15-6-9-18(31(28,29)25-17-7-8-17)14-19(15)23(27)26-12-10-16(11-13-26)22-24-20-4-2-3-5-21(20)30-22/h2-6,9,14,16-17,25H,7-8,10-13H2,1H3. The van der Waals surface area contributed by atoms with Crippen LogP contribution in [0, 0.1) is 6.92 Å². The minimum absolute atomic E-state index is 0.0244. The number of rotatable bonds is 5. The van der Waals surface area contributed by atoms with Crippen LogP contribution in [0.25, 0.3) is 11.1 Å². The Morgan fingerprint density at radius 2 is 1.84 bits per heavy atom. The molecule has 2 heterocycles. The van der Waals surface area contributed by atoms with Gasteiger partial charge >= 0.3 is 0 Å². The fourth-order valence-electron chi connectivity index (χ4n) is 4.05. The summed E-state index contributed by atoms with van der Waals surface area (Å²) in [5.41, 5.74) is 2.85. The maximum Gasteiger partial charge on any atom is 0.254 e. The van der Waals surface area contributed by atoms with Crippen LogP contribution in [0.1, 0.15) is 53.4 Å². The zero-order valence-electron chi connectivity index (χ0n) is 17.4. The Balaban J connectivity index is 1.30. The van der Waals surface area contributed by atoms with Gasteiger partial charge in [-0.1, -0.05) is 18.2 Å². The molecule has 1 aromatic heterocycles. The summed E-state index contributed by atoms with van der Waals surface area (Å²) in [6.07, 6.45) is 3.26. The van der Waals surface area contributed by atoms with Gasteiger partial charge in [-0.05, 0) is 62.4 Å². The summed E-state index contributed by atoms with van der Waals surface area (Å²) >= 11 is 0. The number of fused-ring (bicyclic) bond motifs is 1. The van der Waals surface area contributed by atoms with Gasteiger partial charge < -0.3 is 9.32 Å². The number of likely N-dealkylation sites (tertiary alicyclic amines) is 1. The van der Waals surface area contributed by atoms with Crippen molar-refractivity contribution in [1.82, 2.24) is 14.6 Å². The molecule has 2 fully saturated rings. The highest BCUT2D eigenvalue weighted by atomic mass is 32.2. The summed E-state index contributed by atoms with van der Waals surface area (Å²) < 4.78 is 33.7. The molecule has 31 heavy (non-hydrogen) atoms. The van der Waals surface area contributed by atoms with Gasteiger partial charge in [0.1, 0.15) is 5.52 Å². The Bertz CT molecular complexity index is 1210. The molecule has 1 aliphatic carbocycles. The van der Waals surface area contributed by atoms with Crippen molar-refractivity contribution in [2.75, 3.05) is 13.1 Å². The molecule has 162 valence electrons. The van der Waals surface area contributed by atoms with Crippen LogP contribution in [0.15, 0.2) is 51.8 Å². The first kappa shape index (κ1) is 20.2. The maximum absolute atomic E-state index is 13.2. The first-order valence-electron chi connectivity index (χ1n) is 10.7. The Labute approximate surface area is 181 Å². The molecule has 7 nitrogen and oxygen atoms in total. The van der Waals surface area contributed by atoms with Crippen molar-refractivity contribution in [3.05, 3.63) is 59.5 Å². The molecule has 1 aliphatic heterocycles. The van der Waals surface area contributed by atoms with Crippen LogP contribution in [0.2, 0.25) is 0 Å². The molecule has 0 atom stereocenters. The van der Waals surface area contributed by atoms with Crippen molar-refractivity contribution >= 4 is 27.0 Å². The van der Waals surface area contributed by atoms with Gasteiger partial charge in [0.05, 0.1) is 4.90 Å². The van der Waals surface area contributed by atoms with E-state index in [-0.39, 0.29) is 22.8 Å². The fraction of sp³-hybridized carbons (Fsp3) is 0.391. The van der Waals surface area contributed by atoms with Crippen molar-refractivity contribution < 1.29 is 17.6 Å². The number of hydrogen-bond donors (Lipinski definition) is 1. The minimum atomic E-state index is -3.60. The SMILES string of the molecule is Cc1ccc(S(=O)(=O)NC2CC2)cc1C(=O)N1CCC(c2nc3ccccc3o2)CC1. The lowest BCUT2D eigenvalue weighted by molar-refractivity contribution is 0.0705. The number of nitrogens with one attached hydrogen (secondary N) is 1. The third-order valence-corrected chi connectivity index (χ3v) is 7.61. The lowest BCUT2D eigenvalue weighted by Gasteiger charge is -2.31. The number of sulfonamides is 1. The molecule has 0 spiro atoms. The van der Waals surface area contributed by atoms with Crippen LogP contribution in [-0.4, -0.2) is 43.3 Å². The number of oxazole rings is 1. The fourth-order valence-corrected chi connectivity index (χ4v) is 5.38. The summed E-state index contributed by atoms with van der Waals surface area (Å²) in [4.78, 5) is 19.7. The normalized spacial score (nSPS) is 17.9. The summed E-state index contributed by atoms with van der Waals surface area (Å²) in [6.45, 7) is 3.00. The number of para-hydroxylation sites is 2. The second-order valence-electron chi connectivity index (χ2n) is 8.46. The van der Waals surface area contributed by atoms with Gasteiger partial charge in [-0.2, -0.15) is 0 Å². The van der Waals surface area contributed by atoms with Crippen molar-refractivity contribution in [1.29, 1.82) is 0 Å². The molecular formula is C23H25N3O4S. The average Bonchev–Trinajstić information content (AvgIpc) is 3.46. The number of aromatic nitrogens is 1. The van der Waals surface area contributed by atoms with Crippen LogP contribution in [0.4, 0.5) is 0 Å². The van der Waals surface area contributed by atoms with Crippen molar-refractivity contribution in [2.24, 2.45) is 0 Å². The van der Waals surface area contributed by atoms with Gasteiger partial charge in [-0.25, -0.2) is 18.1 Å². The average molecular weight is 440 g/mol. The van der Waals surface area contributed by atoms with Gasteiger partial charge in [-0.3, -0.25) is 4.79 Å². The van der Waals surface area contributed by atoms with E-state index < -0.39 is 10.0 Å². The molecule has 8 heteroatoms. The van der Waals surface area contributed by atoms with Gasteiger partial charge in [-0.15, -0.1) is 0 Å². The summed E-state index contributed by atoms with van der Waals surface area (Å²) in [7, 11) is -3.60. The van der Waals surface area contributed by atoms with Crippen LogP contribution in [0.5, 0.6) is 0 Å². The predicted molar refractivity (Wildman–Crippen MR) is 116 cm³/mol. The van der Waals surface area contributed by atoms with E-state index in [2.05, 4.69) is 9.71 Å². The molecule has 1 amide bonds. The molecule has 0 bridgehead atoms. The van der Waals surface area contributed by atoms with E-state index in [1.807, 2.05) is 31.2 Å². The van der Waals surface area contributed by atoms with Gasteiger partial charge in [0.2, 0.25) is 10.0 Å². The second kappa shape index (κ2) is 7.76. The number of piperidine rings is 1. The number of benzene rings is 2. The molecule has 0 unspecified atom stereocenters. The van der Waals surface area contributed by atoms with Gasteiger partial charge in [0, 0.05) is 30.6 Å². The highest BCUT2D eigenvalue weighted by molar-refractivity contribution is 7.89. The number of amides is 1. The molecule has 1 saturated carbocycles. The Kier molecular flexibility index (Phi) is 5.06. The van der Waals surface area contributed by atoms with E-state index >= 15 is 0 Å². The second-order valence-corrected chi connectivity index (χ2v) is 10.2. The number of aryl methyl sites for hydroxylation is 1. The molecular weight excluding hydrogens is 414 g/mol. The van der Waals surface area contributed by atoms with Gasteiger partial charge in [0.25, 0.3) is 5.91 Å². The molecule has 1 N–H and O–H groups in total. The van der Waals surface area contributed by atoms with E-state index in [0.717, 1.165) is 48.2 Å². The first-order chi connectivity index (χ1) is 14.9. The van der Waals surface area contributed by atoms with E-state index in [1.54, 1.807) is 17.0 Å². The van der Waals surface area contributed by atoms with Crippen LogP contribution in [-0.2, 0) is 10.0 Å². The van der Waals surface area contributed by atoms with E-state index in [4.69, 9.17) is 4.42 Å². The molecule has 5 rings (SSSR count). The Morgan fingerprint density at radius 3 is 2.55 bits per heavy atom. The number of carbonyl (C=O) groups is 1. The largest absolute Gasteiger partial charge is 0.440 e. The van der Waals surface area contributed by atoms with Crippen molar-refractivity contribution in [2.45, 2.75) is 49.5 Å². The summed E-state index contributed by atoms with van der Waals surface area (Å²) in [5, 5.41) is 0. The Hall–Kier alpha value is -2.71. The topological polar surface area (TPSA) is 92.5 Å². The van der Waals surface area contributed by atoms with E-state index in [1.165, 1.54) is 6.07 Å². The molecule has 0 radical (unpaired) electrons. The lowest BCUT2D eigenvalue weighted by Crippen LogP contribution is -2.38. The summed E-state index contributed by atoms with van der Waals surface area (Å²) in [6, 6.07) is 12.5. The van der Waals surface area contributed by atoms with E-state index in [9.17, 15) is 13.2 Å². The molecule has 2 aromatic carbocycles. The predicted octanol–water partition coefficient (Wildman–Crippen LogP) is 3.60. The zero-order valence-corrected chi connectivity index (χ0v) is 18.2. The smallest absolute Gasteiger partial charge is 0.254 e. The third-order valence-electron chi connectivity index (χ3n) is 6.09. The van der Waals surface area contributed by atoms with Gasteiger partial charge in [0.15, 0.2) is 11.5 Å². The summed E-state index contributed by atoms with van der Waals surface area (Å²) in [5.74, 6) is 0.771. The van der Waals surface area contributed by atoms with Crippen LogP contribution < -0.4 is 4.72 Å². The molecule has 3 aromatic rings.